The lowest BCUT2D eigenvalue weighted by molar-refractivity contribution is -0.148. The van der Waals surface area contributed by atoms with Gasteiger partial charge in [0.1, 0.15) is 5.75 Å². The highest BCUT2D eigenvalue weighted by Gasteiger charge is 2.25. The van der Waals surface area contributed by atoms with E-state index in [0.29, 0.717) is 25.3 Å². The highest BCUT2D eigenvalue weighted by atomic mass is 32.2. The van der Waals surface area contributed by atoms with Gasteiger partial charge in [0.15, 0.2) is 6.61 Å². The van der Waals surface area contributed by atoms with Gasteiger partial charge in [0.25, 0.3) is 11.8 Å². The van der Waals surface area contributed by atoms with E-state index >= 15 is 0 Å². The largest absolute Gasteiger partial charge is 0.497 e. The van der Waals surface area contributed by atoms with Crippen LogP contribution in [0.4, 0.5) is 0 Å². The summed E-state index contributed by atoms with van der Waals surface area (Å²) in [6, 6.07) is 12.6. The third kappa shape index (κ3) is 6.88. The number of benzene rings is 2. The van der Waals surface area contributed by atoms with E-state index in [4.69, 9.17) is 9.47 Å². The van der Waals surface area contributed by atoms with E-state index in [1.165, 1.54) is 23.5 Å². The SMILES string of the molecule is COc1ccc(C(=O)NC(=O)COC(=O)CCc2ccc(S(=O)(=O)N3CCCCC3)cc2)cc1. The Morgan fingerprint density at radius 2 is 1.59 bits per heavy atom. The van der Waals surface area contributed by atoms with Crippen molar-refractivity contribution in [2.45, 2.75) is 37.0 Å². The Kier molecular flexibility index (Phi) is 8.78. The molecule has 3 rings (SSSR count). The molecule has 0 saturated carbocycles. The molecule has 1 aliphatic heterocycles. The minimum absolute atomic E-state index is 0.0118. The third-order valence-electron chi connectivity index (χ3n) is 5.46. The molecule has 0 spiro atoms. The van der Waals surface area contributed by atoms with Crippen LogP contribution in [0.5, 0.6) is 5.75 Å². The minimum atomic E-state index is -3.50. The molecule has 0 radical (unpaired) electrons. The van der Waals surface area contributed by atoms with Crippen LogP contribution in [-0.2, 0) is 30.8 Å². The molecule has 182 valence electrons. The molecule has 10 heteroatoms. The number of nitrogens with zero attached hydrogens (tertiary/aromatic N) is 1. The Labute approximate surface area is 199 Å². The van der Waals surface area contributed by atoms with Crippen LogP contribution >= 0.6 is 0 Å². The number of rotatable bonds is 9. The Morgan fingerprint density at radius 3 is 2.21 bits per heavy atom. The molecule has 1 saturated heterocycles. The minimum Gasteiger partial charge on any atom is -0.497 e. The van der Waals surface area contributed by atoms with Crippen LogP contribution < -0.4 is 10.1 Å². The van der Waals surface area contributed by atoms with Gasteiger partial charge in [-0.1, -0.05) is 18.6 Å². The fraction of sp³-hybridized carbons (Fsp3) is 0.375. The Morgan fingerprint density at radius 1 is 0.941 bits per heavy atom. The Bertz CT molecular complexity index is 1110. The molecule has 0 bridgehead atoms. The fourth-order valence-corrected chi connectivity index (χ4v) is 5.04. The predicted octanol–water partition coefficient (Wildman–Crippen LogP) is 2.30. The van der Waals surface area contributed by atoms with E-state index in [1.807, 2.05) is 0 Å². The highest BCUT2D eigenvalue weighted by Crippen LogP contribution is 2.21. The summed E-state index contributed by atoms with van der Waals surface area (Å²) in [5, 5.41) is 2.15. The van der Waals surface area contributed by atoms with E-state index in [0.717, 1.165) is 24.8 Å². The number of hydrogen-bond donors (Lipinski definition) is 1. The first-order valence-corrected chi connectivity index (χ1v) is 12.5. The molecular formula is C24H28N2O7S. The number of ether oxygens (including phenoxy) is 2. The van der Waals surface area contributed by atoms with Crippen molar-refractivity contribution in [2.24, 2.45) is 0 Å². The highest BCUT2D eigenvalue weighted by molar-refractivity contribution is 7.89. The van der Waals surface area contributed by atoms with Gasteiger partial charge < -0.3 is 9.47 Å². The van der Waals surface area contributed by atoms with Gasteiger partial charge in [0.2, 0.25) is 10.0 Å². The van der Waals surface area contributed by atoms with Crippen molar-refractivity contribution in [2.75, 3.05) is 26.8 Å². The maximum absolute atomic E-state index is 12.7. The van der Waals surface area contributed by atoms with Crippen LogP contribution in [0.1, 0.15) is 41.6 Å². The molecule has 2 aromatic rings. The van der Waals surface area contributed by atoms with Gasteiger partial charge in [-0.3, -0.25) is 19.7 Å². The summed E-state index contributed by atoms with van der Waals surface area (Å²) in [5.74, 6) is -1.36. The number of sulfonamides is 1. The second-order valence-electron chi connectivity index (χ2n) is 7.88. The van der Waals surface area contributed by atoms with Gasteiger partial charge in [-0.05, 0) is 61.2 Å². The van der Waals surface area contributed by atoms with Gasteiger partial charge >= 0.3 is 5.97 Å². The number of imide groups is 1. The van der Waals surface area contributed by atoms with Crippen molar-refractivity contribution < 1.29 is 32.3 Å². The van der Waals surface area contributed by atoms with Crippen LogP contribution in [0.25, 0.3) is 0 Å². The smallest absolute Gasteiger partial charge is 0.306 e. The molecule has 1 fully saturated rings. The summed E-state index contributed by atoms with van der Waals surface area (Å²) in [5.41, 5.74) is 1.04. The van der Waals surface area contributed by atoms with Crippen molar-refractivity contribution in [1.82, 2.24) is 9.62 Å². The summed E-state index contributed by atoms with van der Waals surface area (Å²) in [6.07, 6.45) is 3.12. The number of piperidine rings is 1. The molecule has 0 aromatic heterocycles. The second-order valence-corrected chi connectivity index (χ2v) is 9.81. The predicted molar refractivity (Wildman–Crippen MR) is 124 cm³/mol. The van der Waals surface area contributed by atoms with E-state index in [1.54, 1.807) is 36.4 Å². The normalized spacial score (nSPS) is 14.3. The lowest BCUT2D eigenvalue weighted by Crippen LogP contribution is -2.35. The topological polar surface area (TPSA) is 119 Å². The molecule has 2 amide bonds. The van der Waals surface area contributed by atoms with Crippen molar-refractivity contribution in [3.8, 4) is 5.75 Å². The van der Waals surface area contributed by atoms with Crippen LogP contribution in [0.3, 0.4) is 0 Å². The standard InChI is InChI=1S/C24H28N2O7S/c1-32-20-10-8-19(9-11-20)24(29)25-22(27)17-33-23(28)14-7-18-5-12-21(13-6-18)34(30,31)26-15-3-2-4-16-26/h5-6,8-13H,2-4,7,14-17H2,1H3,(H,25,27,29). The number of nitrogens with one attached hydrogen (secondary N) is 1. The van der Waals surface area contributed by atoms with Gasteiger partial charge in [-0.2, -0.15) is 4.31 Å². The Balaban J connectivity index is 1.42. The molecule has 9 nitrogen and oxygen atoms in total. The zero-order valence-electron chi connectivity index (χ0n) is 19.0. The maximum atomic E-state index is 12.7. The molecule has 1 aliphatic rings. The van der Waals surface area contributed by atoms with Crippen LogP contribution in [0.15, 0.2) is 53.4 Å². The average Bonchev–Trinajstić information content (AvgIpc) is 2.87. The van der Waals surface area contributed by atoms with E-state index in [9.17, 15) is 22.8 Å². The van der Waals surface area contributed by atoms with Crippen molar-refractivity contribution in [1.29, 1.82) is 0 Å². The van der Waals surface area contributed by atoms with Crippen molar-refractivity contribution in [3.05, 3.63) is 59.7 Å². The number of carbonyl (C=O) groups is 3. The van der Waals surface area contributed by atoms with Crippen molar-refractivity contribution >= 4 is 27.8 Å². The third-order valence-corrected chi connectivity index (χ3v) is 7.38. The number of carbonyl (C=O) groups excluding carboxylic acids is 3. The first-order valence-electron chi connectivity index (χ1n) is 11.0. The van der Waals surface area contributed by atoms with Crippen LogP contribution in [0, 0.1) is 0 Å². The average molecular weight is 489 g/mol. The maximum Gasteiger partial charge on any atom is 0.306 e. The summed E-state index contributed by atoms with van der Waals surface area (Å²) < 4.78 is 36.8. The Hall–Kier alpha value is -3.24. The first kappa shape index (κ1) is 25.4. The molecular weight excluding hydrogens is 460 g/mol. The summed E-state index contributed by atoms with van der Waals surface area (Å²) >= 11 is 0. The van der Waals surface area contributed by atoms with Gasteiger partial charge in [0, 0.05) is 25.1 Å². The fourth-order valence-electron chi connectivity index (χ4n) is 3.52. The lowest BCUT2D eigenvalue weighted by atomic mass is 10.1. The van der Waals surface area contributed by atoms with Crippen molar-refractivity contribution in [3.63, 3.8) is 0 Å². The molecule has 0 atom stereocenters. The molecule has 1 N–H and O–H groups in total. The number of amides is 2. The molecule has 34 heavy (non-hydrogen) atoms. The molecule has 0 unspecified atom stereocenters. The molecule has 1 heterocycles. The monoisotopic (exact) mass is 488 g/mol. The zero-order valence-corrected chi connectivity index (χ0v) is 19.8. The van der Waals surface area contributed by atoms with E-state index < -0.39 is 34.4 Å². The second kappa shape index (κ2) is 11.8. The molecule has 0 aliphatic carbocycles. The number of esters is 1. The summed E-state index contributed by atoms with van der Waals surface area (Å²) in [4.78, 5) is 36.2. The van der Waals surface area contributed by atoms with Crippen LogP contribution in [0.2, 0.25) is 0 Å². The van der Waals surface area contributed by atoms with E-state index in [-0.39, 0.29) is 16.9 Å². The van der Waals surface area contributed by atoms with E-state index in [2.05, 4.69) is 5.32 Å². The molecule has 2 aromatic carbocycles. The van der Waals surface area contributed by atoms with Crippen LogP contribution in [-0.4, -0.2) is 57.3 Å². The van der Waals surface area contributed by atoms with Gasteiger partial charge in [-0.15, -0.1) is 0 Å². The quantitative estimate of drug-likeness (QED) is 0.538. The lowest BCUT2D eigenvalue weighted by Gasteiger charge is -2.25. The van der Waals surface area contributed by atoms with Gasteiger partial charge in [0.05, 0.1) is 12.0 Å². The number of aryl methyl sites for hydroxylation is 1. The number of hydrogen-bond acceptors (Lipinski definition) is 7. The van der Waals surface area contributed by atoms with Gasteiger partial charge in [-0.25, -0.2) is 8.42 Å². The first-order chi connectivity index (χ1) is 16.3. The number of methoxy groups -OCH3 is 1. The summed E-state index contributed by atoms with van der Waals surface area (Å²) in [6.45, 7) is 0.498. The summed E-state index contributed by atoms with van der Waals surface area (Å²) in [7, 11) is -2.00. The zero-order chi connectivity index (χ0) is 24.6.